The molecule has 1 atom stereocenters. The van der Waals surface area contributed by atoms with Crippen molar-refractivity contribution >= 4 is 17.7 Å². The number of carbonyl (C=O) groups excluding carboxylic acids is 3. The van der Waals surface area contributed by atoms with Crippen molar-refractivity contribution in [1.82, 2.24) is 10.6 Å². The fourth-order valence-electron chi connectivity index (χ4n) is 4.66. The Hall–Kier alpha value is -3.77. The maximum Gasteiger partial charge on any atom is 0.333 e. The van der Waals surface area contributed by atoms with Gasteiger partial charge in [0.05, 0.1) is 6.61 Å². The predicted octanol–water partition coefficient (Wildman–Crippen LogP) is 3.58. The molecular formula is C27H24N2O4. The first-order valence-electron chi connectivity index (χ1n) is 11.2. The first-order valence-corrected chi connectivity index (χ1v) is 11.2. The summed E-state index contributed by atoms with van der Waals surface area (Å²) in [4.78, 5) is 39.1. The SMILES string of the molecule is CCOC(=O)C(NC(=O)c1cccc2c1-c1ccccc1C2=O)c1ccc2c(c1)CNCC2. The summed E-state index contributed by atoms with van der Waals surface area (Å²) in [7, 11) is 0. The maximum absolute atomic E-state index is 13.5. The summed E-state index contributed by atoms with van der Waals surface area (Å²) in [5.41, 5.74) is 5.80. The van der Waals surface area contributed by atoms with Crippen LogP contribution < -0.4 is 10.6 Å². The lowest BCUT2D eigenvalue weighted by molar-refractivity contribution is -0.145. The minimum atomic E-state index is -0.951. The van der Waals surface area contributed by atoms with E-state index in [4.69, 9.17) is 4.74 Å². The molecule has 0 saturated carbocycles. The summed E-state index contributed by atoms with van der Waals surface area (Å²) < 4.78 is 5.28. The molecule has 5 rings (SSSR count). The standard InChI is InChI=1S/C27H24N2O4/c1-2-33-27(32)24(17-11-10-16-12-13-28-15-18(16)14-17)29-26(31)22-9-5-8-21-23(22)19-6-3-4-7-20(19)25(21)30/h3-11,14,24,28H,2,12-13,15H2,1H3,(H,29,31). The summed E-state index contributed by atoms with van der Waals surface area (Å²) in [5.74, 6) is -1.04. The molecule has 0 bridgehead atoms. The van der Waals surface area contributed by atoms with E-state index in [1.165, 1.54) is 5.56 Å². The minimum Gasteiger partial charge on any atom is -0.464 e. The van der Waals surface area contributed by atoms with Crippen LogP contribution >= 0.6 is 0 Å². The van der Waals surface area contributed by atoms with Gasteiger partial charge in [0.2, 0.25) is 0 Å². The number of ether oxygens (including phenoxy) is 1. The Bertz CT molecular complexity index is 1280. The fraction of sp³-hybridized carbons (Fsp3) is 0.222. The number of amides is 1. The Morgan fingerprint density at radius 1 is 1.00 bits per heavy atom. The van der Waals surface area contributed by atoms with E-state index in [9.17, 15) is 14.4 Å². The molecule has 1 heterocycles. The van der Waals surface area contributed by atoms with E-state index in [0.717, 1.165) is 30.6 Å². The van der Waals surface area contributed by atoms with E-state index >= 15 is 0 Å². The van der Waals surface area contributed by atoms with Crippen molar-refractivity contribution in [2.24, 2.45) is 0 Å². The molecule has 3 aromatic rings. The first kappa shape index (κ1) is 21.1. The number of benzene rings is 3. The Balaban J connectivity index is 1.52. The van der Waals surface area contributed by atoms with Crippen LogP contribution in [0.5, 0.6) is 0 Å². The van der Waals surface area contributed by atoms with Gasteiger partial charge in [-0.15, -0.1) is 0 Å². The van der Waals surface area contributed by atoms with E-state index in [2.05, 4.69) is 10.6 Å². The van der Waals surface area contributed by atoms with Crippen LogP contribution in [0.25, 0.3) is 11.1 Å². The molecule has 33 heavy (non-hydrogen) atoms. The summed E-state index contributed by atoms with van der Waals surface area (Å²) in [6.07, 6.45) is 0.926. The van der Waals surface area contributed by atoms with Crippen LogP contribution in [0.4, 0.5) is 0 Å². The molecule has 1 unspecified atom stereocenters. The zero-order valence-corrected chi connectivity index (χ0v) is 18.3. The summed E-state index contributed by atoms with van der Waals surface area (Å²) in [5, 5.41) is 6.21. The molecule has 166 valence electrons. The molecule has 0 aromatic heterocycles. The van der Waals surface area contributed by atoms with Gasteiger partial charge in [0.25, 0.3) is 5.91 Å². The van der Waals surface area contributed by atoms with E-state index in [1.807, 2.05) is 36.4 Å². The lowest BCUT2D eigenvalue weighted by Gasteiger charge is -2.22. The third kappa shape index (κ3) is 3.72. The molecule has 6 heteroatoms. The van der Waals surface area contributed by atoms with Gasteiger partial charge in [-0.2, -0.15) is 0 Å². The summed E-state index contributed by atoms with van der Waals surface area (Å²) in [6, 6.07) is 17.3. The van der Waals surface area contributed by atoms with Gasteiger partial charge < -0.3 is 15.4 Å². The number of ketones is 1. The highest BCUT2D eigenvalue weighted by atomic mass is 16.5. The van der Waals surface area contributed by atoms with E-state index in [1.54, 1.807) is 31.2 Å². The van der Waals surface area contributed by atoms with Gasteiger partial charge in [-0.3, -0.25) is 9.59 Å². The average Bonchev–Trinajstić information content (AvgIpc) is 3.14. The third-order valence-corrected chi connectivity index (χ3v) is 6.24. The number of hydrogen-bond acceptors (Lipinski definition) is 5. The molecule has 0 spiro atoms. The van der Waals surface area contributed by atoms with Crippen LogP contribution in [0.1, 0.15) is 55.9 Å². The molecule has 0 saturated heterocycles. The monoisotopic (exact) mass is 440 g/mol. The van der Waals surface area contributed by atoms with Crippen molar-refractivity contribution < 1.29 is 19.1 Å². The molecule has 0 radical (unpaired) electrons. The normalized spacial score (nSPS) is 14.6. The largest absolute Gasteiger partial charge is 0.464 e. The van der Waals surface area contributed by atoms with Crippen molar-refractivity contribution in [3.63, 3.8) is 0 Å². The second-order valence-electron chi connectivity index (χ2n) is 8.22. The maximum atomic E-state index is 13.5. The predicted molar refractivity (Wildman–Crippen MR) is 124 cm³/mol. The second kappa shape index (κ2) is 8.64. The number of esters is 1. The zero-order valence-electron chi connectivity index (χ0n) is 18.3. The smallest absolute Gasteiger partial charge is 0.333 e. The highest BCUT2D eigenvalue weighted by Gasteiger charge is 2.32. The molecule has 0 fully saturated rings. The van der Waals surface area contributed by atoms with Gasteiger partial charge in [0, 0.05) is 28.8 Å². The summed E-state index contributed by atoms with van der Waals surface area (Å²) in [6.45, 7) is 3.59. The average molecular weight is 440 g/mol. The second-order valence-corrected chi connectivity index (χ2v) is 8.22. The van der Waals surface area contributed by atoms with Crippen molar-refractivity contribution in [3.8, 4) is 11.1 Å². The van der Waals surface area contributed by atoms with E-state index in [0.29, 0.717) is 27.8 Å². The Morgan fingerprint density at radius 2 is 1.79 bits per heavy atom. The molecule has 1 aliphatic heterocycles. The molecule has 2 N–H and O–H groups in total. The van der Waals surface area contributed by atoms with Crippen LogP contribution in [0.3, 0.4) is 0 Å². The molecule has 1 amide bonds. The highest BCUT2D eigenvalue weighted by Crippen LogP contribution is 2.39. The topological polar surface area (TPSA) is 84.5 Å². The van der Waals surface area contributed by atoms with Crippen LogP contribution in [0, 0.1) is 0 Å². The first-order chi connectivity index (χ1) is 16.1. The van der Waals surface area contributed by atoms with Crippen molar-refractivity contribution in [3.05, 3.63) is 94.0 Å². The van der Waals surface area contributed by atoms with Gasteiger partial charge >= 0.3 is 5.97 Å². The molecule has 2 aliphatic rings. The lowest BCUT2D eigenvalue weighted by atomic mass is 9.95. The van der Waals surface area contributed by atoms with Crippen molar-refractivity contribution in [2.75, 3.05) is 13.2 Å². The fourth-order valence-corrected chi connectivity index (χ4v) is 4.66. The van der Waals surface area contributed by atoms with Crippen LogP contribution in [-0.2, 0) is 22.5 Å². The zero-order chi connectivity index (χ0) is 22.9. The molecule has 6 nitrogen and oxygen atoms in total. The molecule has 1 aliphatic carbocycles. The Labute approximate surface area is 192 Å². The third-order valence-electron chi connectivity index (χ3n) is 6.24. The summed E-state index contributed by atoms with van der Waals surface area (Å²) >= 11 is 0. The lowest BCUT2D eigenvalue weighted by Crippen LogP contribution is -2.35. The number of rotatable bonds is 5. The number of hydrogen-bond donors (Lipinski definition) is 2. The number of fused-ring (bicyclic) bond motifs is 4. The molecular weight excluding hydrogens is 416 g/mol. The van der Waals surface area contributed by atoms with Gasteiger partial charge in [-0.1, -0.05) is 54.6 Å². The quantitative estimate of drug-likeness (QED) is 0.464. The van der Waals surface area contributed by atoms with E-state index in [-0.39, 0.29) is 12.4 Å². The van der Waals surface area contributed by atoms with Crippen molar-refractivity contribution in [2.45, 2.75) is 25.9 Å². The molecule has 3 aromatic carbocycles. The highest BCUT2D eigenvalue weighted by molar-refractivity contribution is 6.24. The number of carbonyl (C=O) groups is 3. The minimum absolute atomic E-state index is 0.0978. The van der Waals surface area contributed by atoms with Gasteiger partial charge in [-0.05, 0) is 48.2 Å². The Morgan fingerprint density at radius 3 is 2.61 bits per heavy atom. The van der Waals surface area contributed by atoms with Crippen LogP contribution in [0.2, 0.25) is 0 Å². The van der Waals surface area contributed by atoms with Crippen LogP contribution in [-0.4, -0.2) is 30.8 Å². The van der Waals surface area contributed by atoms with Gasteiger partial charge in [-0.25, -0.2) is 4.79 Å². The Kier molecular flexibility index (Phi) is 5.52. The van der Waals surface area contributed by atoms with E-state index < -0.39 is 17.9 Å². The van der Waals surface area contributed by atoms with Gasteiger partial charge in [0.15, 0.2) is 11.8 Å². The van der Waals surface area contributed by atoms with Gasteiger partial charge in [0.1, 0.15) is 0 Å². The number of nitrogens with one attached hydrogen (secondary N) is 2. The van der Waals surface area contributed by atoms with Crippen molar-refractivity contribution in [1.29, 1.82) is 0 Å². The van der Waals surface area contributed by atoms with Crippen LogP contribution in [0.15, 0.2) is 60.7 Å².